The lowest BCUT2D eigenvalue weighted by molar-refractivity contribution is 0.670. The second-order valence-corrected chi connectivity index (χ2v) is 16.2. The maximum Gasteiger partial charge on any atom is 0.167 e. The van der Waals surface area contributed by atoms with Gasteiger partial charge in [0.05, 0.1) is 5.56 Å². The maximum atomic E-state index is 6.74. The van der Waals surface area contributed by atoms with Gasteiger partial charge in [-0.25, -0.2) is 15.0 Å². The molecule has 280 valence electrons. The van der Waals surface area contributed by atoms with Crippen LogP contribution in [-0.4, -0.2) is 15.0 Å². The average molecular weight is 784 g/mol. The largest absolute Gasteiger partial charge is 0.455 e. The number of rotatable bonds is 6. The SMILES string of the molecule is c1ccc(-c2cc(-c3ccc4sc5ccccc5c4c3)c(-c3ccccc3)c(-c3nc(-c4ccccc4)nc(-c4cccc5c4oc4ccc6ccccc6c45)n3)c2)cc1. The lowest BCUT2D eigenvalue weighted by Crippen LogP contribution is -2.02. The van der Waals surface area contributed by atoms with Crippen LogP contribution in [0.3, 0.4) is 0 Å². The van der Waals surface area contributed by atoms with E-state index in [-0.39, 0.29) is 0 Å². The van der Waals surface area contributed by atoms with E-state index in [9.17, 15) is 0 Å². The van der Waals surface area contributed by atoms with Gasteiger partial charge in [-0.05, 0) is 81.1 Å². The molecule has 0 saturated heterocycles. The van der Waals surface area contributed by atoms with E-state index in [1.54, 1.807) is 0 Å². The van der Waals surface area contributed by atoms with Crippen molar-refractivity contribution in [3.05, 3.63) is 200 Å². The van der Waals surface area contributed by atoms with Crippen LogP contribution in [0.25, 0.3) is 120 Å². The zero-order chi connectivity index (χ0) is 39.6. The zero-order valence-corrected chi connectivity index (χ0v) is 33.0. The molecule has 0 aliphatic heterocycles. The Balaban J connectivity index is 1.17. The second kappa shape index (κ2) is 14.0. The summed E-state index contributed by atoms with van der Waals surface area (Å²) in [5.41, 5.74) is 10.7. The van der Waals surface area contributed by atoms with Gasteiger partial charge >= 0.3 is 0 Å². The summed E-state index contributed by atoms with van der Waals surface area (Å²) in [5, 5.41) is 6.95. The van der Waals surface area contributed by atoms with E-state index in [4.69, 9.17) is 19.4 Å². The quantitative estimate of drug-likeness (QED) is 0.169. The molecule has 0 saturated carbocycles. The fourth-order valence-electron chi connectivity index (χ4n) is 8.73. The second-order valence-electron chi connectivity index (χ2n) is 15.1. The van der Waals surface area contributed by atoms with Gasteiger partial charge in [0, 0.05) is 47.6 Å². The van der Waals surface area contributed by atoms with Crippen LogP contribution >= 0.6 is 11.3 Å². The smallest absolute Gasteiger partial charge is 0.167 e. The molecule has 3 heterocycles. The number of furan rings is 1. The third kappa shape index (κ3) is 5.70. The van der Waals surface area contributed by atoms with Crippen LogP contribution in [0, 0.1) is 0 Å². The van der Waals surface area contributed by atoms with Gasteiger partial charge in [0.1, 0.15) is 11.2 Å². The van der Waals surface area contributed by atoms with Crippen molar-refractivity contribution in [2.75, 3.05) is 0 Å². The molecule has 9 aromatic carbocycles. The fourth-order valence-corrected chi connectivity index (χ4v) is 9.82. The van der Waals surface area contributed by atoms with Crippen molar-refractivity contribution in [3.63, 3.8) is 0 Å². The molecule has 0 spiro atoms. The van der Waals surface area contributed by atoms with E-state index in [0.29, 0.717) is 17.5 Å². The zero-order valence-electron chi connectivity index (χ0n) is 32.2. The van der Waals surface area contributed by atoms with E-state index < -0.39 is 0 Å². The minimum atomic E-state index is 0.546. The van der Waals surface area contributed by atoms with Gasteiger partial charge in [0.25, 0.3) is 0 Å². The minimum Gasteiger partial charge on any atom is -0.455 e. The Hall–Kier alpha value is -7.73. The van der Waals surface area contributed by atoms with Crippen LogP contribution in [0.4, 0.5) is 0 Å². The molecule has 5 heteroatoms. The third-order valence-corrected chi connectivity index (χ3v) is 12.7. The Kier molecular flexibility index (Phi) is 8.00. The Bertz CT molecular complexity index is 3590. The van der Waals surface area contributed by atoms with E-state index >= 15 is 0 Å². The number of para-hydroxylation sites is 1. The molecule has 0 bridgehead atoms. The summed E-state index contributed by atoms with van der Waals surface area (Å²) in [6.45, 7) is 0. The highest BCUT2D eigenvalue weighted by molar-refractivity contribution is 7.25. The van der Waals surface area contributed by atoms with Gasteiger partial charge in [-0.15, -0.1) is 11.3 Å². The predicted molar refractivity (Wildman–Crippen MR) is 250 cm³/mol. The summed E-state index contributed by atoms with van der Waals surface area (Å²) in [4.78, 5) is 16.0. The molecule has 0 radical (unpaired) electrons. The Morgan fingerprint density at radius 3 is 1.77 bits per heavy atom. The summed E-state index contributed by atoms with van der Waals surface area (Å²) < 4.78 is 9.29. The van der Waals surface area contributed by atoms with Crippen LogP contribution in [0.5, 0.6) is 0 Å². The van der Waals surface area contributed by atoms with Crippen molar-refractivity contribution in [1.82, 2.24) is 15.0 Å². The Morgan fingerprint density at radius 2 is 0.967 bits per heavy atom. The predicted octanol–water partition coefficient (Wildman–Crippen LogP) is 15.3. The molecule has 0 fully saturated rings. The highest BCUT2D eigenvalue weighted by atomic mass is 32.1. The molecule has 0 aliphatic rings. The van der Waals surface area contributed by atoms with Crippen LogP contribution in [-0.2, 0) is 0 Å². The Morgan fingerprint density at radius 1 is 0.350 bits per heavy atom. The topological polar surface area (TPSA) is 51.8 Å². The first kappa shape index (κ1) is 34.3. The van der Waals surface area contributed by atoms with E-state index in [1.807, 2.05) is 29.5 Å². The van der Waals surface area contributed by atoms with Crippen molar-refractivity contribution in [1.29, 1.82) is 0 Å². The van der Waals surface area contributed by atoms with Crippen LogP contribution < -0.4 is 0 Å². The van der Waals surface area contributed by atoms with Gasteiger partial charge < -0.3 is 4.42 Å². The lowest BCUT2D eigenvalue weighted by atomic mass is 9.86. The number of benzene rings is 9. The molecule has 4 nitrogen and oxygen atoms in total. The number of thiophene rings is 1. The molecular formula is C55H33N3OS. The first-order chi connectivity index (χ1) is 29.7. The maximum absolute atomic E-state index is 6.74. The highest BCUT2D eigenvalue weighted by Gasteiger charge is 2.23. The molecule has 60 heavy (non-hydrogen) atoms. The normalized spacial score (nSPS) is 11.7. The molecular weight excluding hydrogens is 751 g/mol. The van der Waals surface area contributed by atoms with Gasteiger partial charge in [-0.3, -0.25) is 0 Å². The number of fused-ring (bicyclic) bond motifs is 8. The first-order valence-corrected chi connectivity index (χ1v) is 20.9. The van der Waals surface area contributed by atoms with Gasteiger partial charge in [-0.2, -0.15) is 0 Å². The number of aromatic nitrogens is 3. The Labute approximate surface area is 349 Å². The molecule has 0 unspecified atom stereocenters. The third-order valence-electron chi connectivity index (χ3n) is 11.5. The first-order valence-electron chi connectivity index (χ1n) is 20.1. The molecule has 3 aromatic heterocycles. The molecule has 0 atom stereocenters. The van der Waals surface area contributed by atoms with Crippen molar-refractivity contribution < 1.29 is 4.42 Å². The molecule has 0 aliphatic carbocycles. The minimum absolute atomic E-state index is 0.546. The number of hydrogen-bond donors (Lipinski definition) is 0. The molecule has 12 rings (SSSR count). The van der Waals surface area contributed by atoms with Gasteiger partial charge in [0.15, 0.2) is 17.5 Å². The van der Waals surface area contributed by atoms with Gasteiger partial charge in [-0.1, -0.05) is 158 Å². The fraction of sp³-hybridized carbons (Fsp3) is 0. The van der Waals surface area contributed by atoms with Crippen LogP contribution in [0.2, 0.25) is 0 Å². The highest BCUT2D eigenvalue weighted by Crippen LogP contribution is 2.46. The van der Waals surface area contributed by atoms with E-state index in [0.717, 1.165) is 77.4 Å². The summed E-state index contributed by atoms with van der Waals surface area (Å²) >= 11 is 1.83. The van der Waals surface area contributed by atoms with Gasteiger partial charge in [0.2, 0.25) is 0 Å². The van der Waals surface area contributed by atoms with Crippen molar-refractivity contribution in [3.8, 4) is 67.5 Å². The van der Waals surface area contributed by atoms with Crippen molar-refractivity contribution >= 4 is 64.2 Å². The van der Waals surface area contributed by atoms with Crippen molar-refractivity contribution in [2.24, 2.45) is 0 Å². The summed E-state index contributed by atoms with van der Waals surface area (Å²) in [7, 11) is 0. The summed E-state index contributed by atoms with van der Waals surface area (Å²) in [6.07, 6.45) is 0. The van der Waals surface area contributed by atoms with Crippen molar-refractivity contribution in [2.45, 2.75) is 0 Å². The summed E-state index contributed by atoms with van der Waals surface area (Å²) in [5.74, 6) is 1.72. The standard InChI is InChI=1S/C55H33N3OS/c1-4-15-34(16-5-1)39-32-44(38-28-30-49-45(31-38)41-23-12-13-26-48(41)60-49)50(36-18-6-2-7-19-36)46(33-39)55-57-53(37-20-8-3-9-21-37)56-54(58-55)43-25-14-24-42-51-40-22-11-10-17-35(40)27-29-47(51)59-52(42)43/h1-33H. The lowest BCUT2D eigenvalue weighted by Gasteiger charge is -2.19. The van der Waals surface area contributed by atoms with E-state index in [2.05, 4.69) is 182 Å². The summed E-state index contributed by atoms with van der Waals surface area (Å²) in [6, 6.07) is 70.5. The molecule has 0 N–H and O–H groups in total. The monoisotopic (exact) mass is 783 g/mol. The average Bonchev–Trinajstić information content (AvgIpc) is 3.90. The number of nitrogens with zero attached hydrogens (tertiary/aromatic N) is 3. The van der Waals surface area contributed by atoms with E-state index in [1.165, 1.54) is 25.6 Å². The number of hydrogen-bond acceptors (Lipinski definition) is 5. The molecule has 12 aromatic rings. The molecule has 0 amide bonds. The van der Waals surface area contributed by atoms with Crippen LogP contribution in [0.15, 0.2) is 205 Å². The van der Waals surface area contributed by atoms with Crippen LogP contribution in [0.1, 0.15) is 0 Å².